The lowest BCUT2D eigenvalue weighted by Crippen LogP contribution is -2.25. The van der Waals surface area contributed by atoms with Gasteiger partial charge in [-0.05, 0) is 51.1 Å². The largest absolute Gasteiger partial charge is 0.478 e. The standard InChI is InChI=1S/C19H19ClN4O5S2/c1-10-6-11(2)24(22-10)12(3)18(25)21-16-5-4-14(8-15(16)20)23-31(28,29)17-7-13(9-30-17)19(26)27/h4-9,12,23H,1-3H3,(H,21,25)(H,26,27). The second kappa shape index (κ2) is 8.69. The molecule has 1 atom stereocenters. The molecule has 0 spiro atoms. The first-order valence-corrected chi connectivity index (χ1v) is 11.7. The second-order valence-corrected chi connectivity index (χ2v) is 10.0. The molecule has 2 aromatic heterocycles. The highest BCUT2D eigenvalue weighted by atomic mass is 35.5. The van der Waals surface area contributed by atoms with E-state index in [0.717, 1.165) is 28.8 Å². The quantitative estimate of drug-likeness (QED) is 0.468. The minimum absolute atomic E-state index is 0.113. The molecule has 0 bridgehead atoms. The smallest absolute Gasteiger partial charge is 0.336 e. The van der Waals surface area contributed by atoms with E-state index in [2.05, 4.69) is 15.1 Å². The number of benzene rings is 1. The van der Waals surface area contributed by atoms with E-state index >= 15 is 0 Å². The predicted octanol–water partition coefficient (Wildman–Crippen LogP) is 3.91. The van der Waals surface area contributed by atoms with Gasteiger partial charge in [-0.3, -0.25) is 14.2 Å². The van der Waals surface area contributed by atoms with Gasteiger partial charge in [0.15, 0.2) is 0 Å². The van der Waals surface area contributed by atoms with Gasteiger partial charge in [0, 0.05) is 11.1 Å². The molecule has 1 unspecified atom stereocenters. The van der Waals surface area contributed by atoms with Crippen molar-refractivity contribution in [2.45, 2.75) is 31.0 Å². The summed E-state index contributed by atoms with van der Waals surface area (Å²) in [6, 6.07) is 6.64. The summed E-state index contributed by atoms with van der Waals surface area (Å²) >= 11 is 7.03. The van der Waals surface area contributed by atoms with Crippen LogP contribution in [0.4, 0.5) is 11.4 Å². The van der Waals surface area contributed by atoms with Crippen molar-refractivity contribution in [3.63, 3.8) is 0 Å². The molecule has 1 aromatic carbocycles. The molecule has 0 aliphatic carbocycles. The van der Waals surface area contributed by atoms with E-state index in [0.29, 0.717) is 5.69 Å². The van der Waals surface area contributed by atoms with Crippen molar-refractivity contribution in [3.8, 4) is 0 Å². The van der Waals surface area contributed by atoms with Crippen LogP contribution in [0.1, 0.15) is 34.7 Å². The predicted molar refractivity (Wildman–Crippen MR) is 119 cm³/mol. The first-order chi connectivity index (χ1) is 14.5. The molecular weight excluding hydrogens is 464 g/mol. The third kappa shape index (κ3) is 5.06. The molecule has 164 valence electrons. The van der Waals surface area contributed by atoms with Crippen LogP contribution in [0, 0.1) is 13.8 Å². The SMILES string of the molecule is Cc1cc(C)n(C(C)C(=O)Nc2ccc(NS(=O)(=O)c3cc(C(=O)O)cs3)cc2Cl)n1. The minimum Gasteiger partial charge on any atom is -0.478 e. The van der Waals surface area contributed by atoms with Crippen molar-refractivity contribution < 1.29 is 23.1 Å². The Bertz CT molecular complexity index is 1270. The van der Waals surface area contributed by atoms with E-state index in [1.54, 1.807) is 11.6 Å². The van der Waals surface area contributed by atoms with Gasteiger partial charge >= 0.3 is 5.97 Å². The lowest BCUT2D eigenvalue weighted by Gasteiger charge is -2.16. The zero-order valence-corrected chi connectivity index (χ0v) is 19.1. The van der Waals surface area contributed by atoms with Crippen LogP contribution in [0.3, 0.4) is 0 Å². The van der Waals surface area contributed by atoms with Gasteiger partial charge in [0.1, 0.15) is 10.3 Å². The highest BCUT2D eigenvalue weighted by Gasteiger charge is 2.21. The summed E-state index contributed by atoms with van der Waals surface area (Å²) in [5.41, 5.74) is 2.01. The molecule has 0 saturated heterocycles. The molecule has 3 N–H and O–H groups in total. The molecule has 0 aliphatic heterocycles. The van der Waals surface area contributed by atoms with Gasteiger partial charge in [-0.15, -0.1) is 11.3 Å². The molecule has 9 nitrogen and oxygen atoms in total. The summed E-state index contributed by atoms with van der Waals surface area (Å²) in [4.78, 5) is 23.6. The Morgan fingerprint density at radius 2 is 1.94 bits per heavy atom. The van der Waals surface area contributed by atoms with Gasteiger partial charge in [0.2, 0.25) is 5.91 Å². The molecule has 1 amide bonds. The number of carboxylic acids is 1. The number of thiophene rings is 1. The van der Waals surface area contributed by atoms with Crippen LogP contribution in [0.2, 0.25) is 5.02 Å². The van der Waals surface area contributed by atoms with Crippen LogP contribution in [0.5, 0.6) is 0 Å². The fourth-order valence-electron chi connectivity index (χ4n) is 2.84. The fourth-order valence-corrected chi connectivity index (χ4v) is 5.27. The van der Waals surface area contributed by atoms with Crippen LogP contribution in [0.25, 0.3) is 0 Å². The molecule has 0 aliphatic rings. The fraction of sp³-hybridized carbons (Fsp3) is 0.211. The molecule has 0 saturated carbocycles. The van der Waals surface area contributed by atoms with Crippen molar-refractivity contribution >= 4 is 56.2 Å². The number of carbonyl (C=O) groups is 2. The van der Waals surface area contributed by atoms with E-state index in [1.165, 1.54) is 23.6 Å². The molecule has 12 heteroatoms. The first-order valence-electron chi connectivity index (χ1n) is 8.96. The normalized spacial score (nSPS) is 12.4. The zero-order chi connectivity index (χ0) is 22.9. The van der Waals surface area contributed by atoms with Crippen LogP contribution in [-0.2, 0) is 14.8 Å². The maximum atomic E-state index is 12.6. The summed E-state index contributed by atoms with van der Waals surface area (Å²) in [5.74, 6) is -1.54. The van der Waals surface area contributed by atoms with Gasteiger partial charge < -0.3 is 10.4 Å². The van der Waals surface area contributed by atoms with Crippen molar-refractivity contribution in [1.29, 1.82) is 0 Å². The number of hydrogen-bond acceptors (Lipinski definition) is 6. The van der Waals surface area contributed by atoms with Gasteiger partial charge in [0.05, 0.1) is 27.7 Å². The van der Waals surface area contributed by atoms with Crippen molar-refractivity contribution in [3.05, 3.63) is 57.7 Å². The molecule has 0 radical (unpaired) electrons. The molecule has 3 aromatic rings. The molecular formula is C19H19ClN4O5S2. The second-order valence-electron chi connectivity index (χ2n) is 6.80. The topological polar surface area (TPSA) is 130 Å². The lowest BCUT2D eigenvalue weighted by molar-refractivity contribution is -0.119. The zero-order valence-electron chi connectivity index (χ0n) is 16.7. The number of aryl methyl sites for hydroxylation is 2. The van der Waals surface area contributed by atoms with Gasteiger partial charge in [-0.2, -0.15) is 5.10 Å². The number of halogens is 1. The number of amides is 1. The Hall–Kier alpha value is -2.89. The van der Waals surface area contributed by atoms with E-state index in [4.69, 9.17) is 16.7 Å². The summed E-state index contributed by atoms with van der Waals surface area (Å²) in [6.07, 6.45) is 0. The summed E-state index contributed by atoms with van der Waals surface area (Å²) < 4.78 is 28.8. The average molecular weight is 483 g/mol. The van der Waals surface area contributed by atoms with Crippen LogP contribution in [-0.4, -0.2) is 35.2 Å². The van der Waals surface area contributed by atoms with E-state index in [1.807, 2.05) is 19.9 Å². The maximum Gasteiger partial charge on any atom is 0.336 e. The molecule has 3 rings (SSSR count). The van der Waals surface area contributed by atoms with Crippen LogP contribution < -0.4 is 10.0 Å². The third-order valence-electron chi connectivity index (χ3n) is 4.36. The highest BCUT2D eigenvalue weighted by Crippen LogP contribution is 2.29. The minimum atomic E-state index is -3.98. The van der Waals surface area contributed by atoms with Gasteiger partial charge in [0.25, 0.3) is 10.0 Å². The summed E-state index contributed by atoms with van der Waals surface area (Å²) in [6.45, 7) is 5.39. The number of rotatable bonds is 7. The Morgan fingerprint density at radius 1 is 1.23 bits per heavy atom. The van der Waals surface area contributed by atoms with Crippen molar-refractivity contribution in [1.82, 2.24) is 9.78 Å². The molecule has 2 heterocycles. The number of sulfonamides is 1. The first kappa shape index (κ1) is 22.8. The number of carboxylic acid groups (broad SMARTS) is 1. The van der Waals surface area contributed by atoms with Crippen molar-refractivity contribution in [2.24, 2.45) is 0 Å². The number of nitrogens with zero attached hydrogens (tertiary/aromatic N) is 2. The number of aromatic nitrogens is 2. The maximum absolute atomic E-state index is 12.6. The van der Waals surface area contributed by atoms with Gasteiger partial charge in [-0.25, -0.2) is 13.2 Å². The molecule has 0 fully saturated rings. The molecule has 31 heavy (non-hydrogen) atoms. The summed E-state index contributed by atoms with van der Waals surface area (Å²) in [7, 11) is -3.98. The Morgan fingerprint density at radius 3 is 2.48 bits per heavy atom. The Balaban J connectivity index is 1.74. The number of carbonyl (C=O) groups excluding carboxylic acids is 1. The lowest BCUT2D eigenvalue weighted by atomic mass is 10.2. The van der Waals surface area contributed by atoms with Crippen molar-refractivity contribution in [2.75, 3.05) is 10.0 Å². The third-order valence-corrected chi connectivity index (χ3v) is 7.49. The van der Waals surface area contributed by atoms with Crippen LogP contribution in [0.15, 0.2) is 39.9 Å². The summed E-state index contributed by atoms with van der Waals surface area (Å²) in [5, 5.41) is 17.3. The number of hydrogen-bond donors (Lipinski definition) is 3. The highest BCUT2D eigenvalue weighted by molar-refractivity contribution is 7.94. The van der Waals surface area contributed by atoms with Gasteiger partial charge in [-0.1, -0.05) is 11.6 Å². The van der Waals surface area contributed by atoms with E-state index in [9.17, 15) is 18.0 Å². The van der Waals surface area contributed by atoms with Crippen LogP contribution >= 0.6 is 22.9 Å². The number of aromatic carboxylic acids is 1. The Kier molecular flexibility index (Phi) is 6.39. The average Bonchev–Trinajstić information content (AvgIpc) is 3.30. The Labute approximate surface area is 187 Å². The van der Waals surface area contributed by atoms with E-state index < -0.39 is 22.0 Å². The number of nitrogens with one attached hydrogen (secondary N) is 2. The monoisotopic (exact) mass is 482 g/mol. The number of anilines is 2. The van der Waals surface area contributed by atoms with E-state index in [-0.39, 0.29) is 26.4 Å².